The molecule has 0 saturated carbocycles. The van der Waals surface area contributed by atoms with E-state index in [9.17, 15) is 20.1 Å². The van der Waals surface area contributed by atoms with Crippen LogP contribution in [0.2, 0.25) is 0 Å². The maximum absolute atomic E-state index is 11.5. The summed E-state index contributed by atoms with van der Waals surface area (Å²) in [5.41, 5.74) is 4.46. The second-order valence-electron chi connectivity index (χ2n) is 5.85. The Balaban J connectivity index is 2.76. The molecule has 0 aliphatic heterocycles. The van der Waals surface area contributed by atoms with E-state index in [1.165, 1.54) is 6.07 Å². The van der Waals surface area contributed by atoms with Crippen molar-refractivity contribution in [1.29, 1.82) is 0 Å². The molecule has 0 fully saturated rings. The lowest BCUT2D eigenvalue weighted by molar-refractivity contribution is -0.152. The van der Waals surface area contributed by atoms with Gasteiger partial charge in [-0.2, -0.15) is 0 Å². The summed E-state index contributed by atoms with van der Waals surface area (Å²) in [6, 6.07) is 6.45. The first kappa shape index (κ1) is 20.0. The standard InChI is InChI=1S/C19H26O5/c1-4-24-19(23)18(22)12-14(13(2)3)7-6-10-17(21)15-8-5-9-16(20)11-15/h5-6,8-9,11,13,17-18,20-22H,4,10,12H2,1-3H3/t7?,17-,18-/m1/s1. The minimum absolute atomic E-state index is 0.100. The molecule has 0 aliphatic carbocycles. The molecule has 5 heteroatoms. The number of hydrogen-bond donors (Lipinski definition) is 3. The molecule has 3 N–H and O–H groups in total. The van der Waals surface area contributed by atoms with Crippen molar-refractivity contribution in [2.75, 3.05) is 6.61 Å². The second kappa shape index (κ2) is 9.93. The number of aliphatic hydroxyl groups is 2. The molecule has 0 aliphatic rings. The van der Waals surface area contributed by atoms with Crippen LogP contribution in [0.25, 0.3) is 0 Å². The fourth-order valence-corrected chi connectivity index (χ4v) is 2.16. The van der Waals surface area contributed by atoms with Crippen molar-refractivity contribution in [3.8, 4) is 5.75 Å². The van der Waals surface area contributed by atoms with E-state index in [1.54, 1.807) is 31.2 Å². The molecular weight excluding hydrogens is 308 g/mol. The molecule has 5 nitrogen and oxygen atoms in total. The first-order valence-corrected chi connectivity index (χ1v) is 8.10. The maximum Gasteiger partial charge on any atom is 0.335 e. The number of carbonyl (C=O) groups excluding carboxylic acids is 1. The number of ether oxygens (including phenoxy) is 1. The summed E-state index contributed by atoms with van der Waals surface area (Å²) in [6.07, 6.45) is 0.180. The average Bonchev–Trinajstić information content (AvgIpc) is 2.53. The van der Waals surface area contributed by atoms with Gasteiger partial charge >= 0.3 is 5.97 Å². The Hall–Kier alpha value is -2.07. The zero-order chi connectivity index (χ0) is 18.1. The van der Waals surface area contributed by atoms with Gasteiger partial charge in [-0.15, -0.1) is 5.73 Å². The molecule has 1 aromatic carbocycles. The van der Waals surface area contributed by atoms with E-state index in [-0.39, 0.29) is 24.7 Å². The SMILES string of the molecule is CCOC(=O)[C@H](O)CC(=C=CC[C@@H](O)c1cccc(O)c1)C(C)C. The molecule has 0 amide bonds. The summed E-state index contributed by atoms with van der Waals surface area (Å²) < 4.78 is 4.79. The van der Waals surface area contributed by atoms with Crippen molar-refractivity contribution in [2.45, 2.75) is 45.8 Å². The van der Waals surface area contributed by atoms with Gasteiger partial charge < -0.3 is 20.1 Å². The van der Waals surface area contributed by atoms with Crippen LogP contribution in [0.15, 0.2) is 41.6 Å². The summed E-state index contributed by atoms with van der Waals surface area (Å²) in [6.45, 7) is 5.80. The lowest BCUT2D eigenvalue weighted by Gasteiger charge is -2.13. The van der Waals surface area contributed by atoms with E-state index in [0.29, 0.717) is 12.0 Å². The molecule has 2 atom stereocenters. The summed E-state index contributed by atoms with van der Waals surface area (Å²) in [4.78, 5) is 11.5. The van der Waals surface area contributed by atoms with Gasteiger partial charge in [-0.3, -0.25) is 0 Å². The molecule has 24 heavy (non-hydrogen) atoms. The quantitative estimate of drug-likeness (QED) is 0.503. The largest absolute Gasteiger partial charge is 0.508 e. The van der Waals surface area contributed by atoms with Crippen molar-refractivity contribution in [3.63, 3.8) is 0 Å². The monoisotopic (exact) mass is 334 g/mol. The Morgan fingerprint density at radius 3 is 2.62 bits per heavy atom. The van der Waals surface area contributed by atoms with Gasteiger partial charge in [0.25, 0.3) is 0 Å². The van der Waals surface area contributed by atoms with Crippen LogP contribution in [-0.4, -0.2) is 34.0 Å². The number of carbonyl (C=O) groups is 1. The summed E-state index contributed by atoms with van der Waals surface area (Å²) in [5.74, 6) is -0.438. The summed E-state index contributed by atoms with van der Waals surface area (Å²) in [7, 11) is 0. The lowest BCUT2D eigenvalue weighted by atomic mass is 9.97. The first-order chi connectivity index (χ1) is 11.3. The molecule has 0 bridgehead atoms. The molecule has 1 aromatic rings. The number of esters is 1. The summed E-state index contributed by atoms with van der Waals surface area (Å²) >= 11 is 0. The number of phenols is 1. The van der Waals surface area contributed by atoms with Gasteiger partial charge in [0.1, 0.15) is 5.75 Å². The van der Waals surface area contributed by atoms with Crippen molar-refractivity contribution in [1.82, 2.24) is 0 Å². The Morgan fingerprint density at radius 1 is 1.33 bits per heavy atom. The van der Waals surface area contributed by atoms with Crippen LogP contribution in [0.1, 0.15) is 45.3 Å². The zero-order valence-corrected chi connectivity index (χ0v) is 14.4. The molecule has 0 saturated heterocycles. The summed E-state index contributed by atoms with van der Waals surface area (Å²) in [5, 5.41) is 29.4. The Morgan fingerprint density at radius 2 is 2.04 bits per heavy atom. The number of aromatic hydroxyl groups is 1. The Kier molecular flexibility index (Phi) is 8.27. The van der Waals surface area contributed by atoms with Crippen molar-refractivity contribution in [3.05, 3.63) is 47.2 Å². The molecule has 0 spiro atoms. The number of hydrogen-bond acceptors (Lipinski definition) is 5. The normalized spacial score (nSPS) is 13.1. The fraction of sp³-hybridized carbons (Fsp3) is 0.474. The molecule has 0 heterocycles. The fourth-order valence-electron chi connectivity index (χ4n) is 2.16. The number of aliphatic hydroxyl groups excluding tert-OH is 2. The van der Waals surface area contributed by atoms with Gasteiger partial charge in [0.05, 0.1) is 12.7 Å². The minimum Gasteiger partial charge on any atom is -0.508 e. The topological polar surface area (TPSA) is 87.0 Å². The van der Waals surface area contributed by atoms with E-state index >= 15 is 0 Å². The van der Waals surface area contributed by atoms with Crippen molar-refractivity contribution in [2.24, 2.45) is 5.92 Å². The lowest BCUT2D eigenvalue weighted by Crippen LogP contribution is -2.24. The van der Waals surface area contributed by atoms with Gasteiger partial charge in [-0.05, 0) is 42.2 Å². The predicted octanol–water partition coefficient (Wildman–Crippen LogP) is 2.87. The third-order valence-corrected chi connectivity index (χ3v) is 3.55. The van der Waals surface area contributed by atoms with Crippen LogP contribution >= 0.6 is 0 Å². The van der Waals surface area contributed by atoms with Crippen LogP contribution in [-0.2, 0) is 9.53 Å². The van der Waals surface area contributed by atoms with E-state index in [1.807, 2.05) is 13.8 Å². The Labute approximate surface area is 142 Å². The number of rotatable bonds is 8. The second-order valence-corrected chi connectivity index (χ2v) is 5.85. The maximum atomic E-state index is 11.5. The van der Waals surface area contributed by atoms with E-state index < -0.39 is 18.2 Å². The number of benzene rings is 1. The highest BCUT2D eigenvalue weighted by Gasteiger charge is 2.19. The van der Waals surface area contributed by atoms with Gasteiger partial charge in [0, 0.05) is 12.8 Å². The molecule has 0 aromatic heterocycles. The van der Waals surface area contributed by atoms with Gasteiger partial charge in [-0.1, -0.05) is 26.0 Å². The molecule has 0 unspecified atom stereocenters. The molecular formula is C19H26O5. The van der Waals surface area contributed by atoms with E-state index in [2.05, 4.69) is 5.73 Å². The van der Waals surface area contributed by atoms with Crippen molar-refractivity contribution < 1.29 is 24.9 Å². The van der Waals surface area contributed by atoms with E-state index in [0.717, 1.165) is 5.57 Å². The van der Waals surface area contributed by atoms with Gasteiger partial charge in [0.15, 0.2) is 6.10 Å². The van der Waals surface area contributed by atoms with E-state index in [4.69, 9.17) is 4.74 Å². The highest BCUT2D eigenvalue weighted by atomic mass is 16.5. The third kappa shape index (κ3) is 6.59. The number of phenolic OH excluding ortho intramolecular Hbond substituents is 1. The molecule has 1 rings (SSSR count). The van der Waals surface area contributed by atoms with Crippen LogP contribution in [0.3, 0.4) is 0 Å². The Bertz CT molecular complexity index is 600. The highest BCUT2D eigenvalue weighted by molar-refractivity contribution is 5.74. The zero-order valence-electron chi connectivity index (χ0n) is 14.4. The first-order valence-electron chi connectivity index (χ1n) is 8.10. The predicted molar refractivity (Wildman–Crippen MR) is 91.4 cm³/mol. The average molecular weight is 334 g/mol. The molecule has 132 valence electrons. The molecule has 0 radical (unpaired) electrons. The smallest absolute Gasteiger partial charge is 0.335 e. The highest BCUT2D eigenvalue weighted by Crippen LogP contribution is 2.21. The van der Waals surface area contributed by atoms with Gasteiger partial charge in [0.2, 0.25) is 0 Å². The van der Waals surface area contributed by atoms with Crippen LogP contribution < -0.4 is 0 Å². The minimum atomic E-state index is -1.21. The van der Waals surface area contributed by atoms with Crippen LogP contribution in [0.5, 0.6) is 5.75 Å². The van der Waals surface area contributed by atoms with Crippen LogP contribution in [0.4, 0.5) is 0 Å². The van der Waals surface area contributed by atoms with Crippen LogP contribution in [0, 0.1) is 5.92 Å². The third-order valence-electron chi connectivity index (χ3n) is 3.55. The van der Waals surface area contributed by atoms with Crippen molar-refractivity contribution >= 4 is 5.97 Å². The van der Waals surface area contributed by atoms with Gasteiger partial charge in [-0.25, -0.2) is 4.79 Å².